The molecule has 0 amide bonds. The van der Waals surface area contributed by atoms with Crippen molar-refractivity contribution in [1.29, 1.82) is 0 Å². The molecule has 0 radical (unpaired) electrons. The van der Waals surface area contributed by atoms with Crippen molar-refractivity contribution in [3.8, 4) is 5.88 Å². The van der Waals surface area contributed by atoms with Crippen LogP contribution in [0.3, 0.4) is 0 Å². The SMILES string of the molecule is Fc1ccc(COc2nc3c(cc2Cl)CCC3)cc1. The molecule has 0 bridgehead atoms. The number of rotatable bonds is 3. The Kier molecular flexibility index (Phi) is 3.38. The summed E-state index contributed by atoms with van der Waals surface area (Å²) in [7, 11) is 0. The Morgan fingerprint density at radius 1 is 1.21 bits per heavy atom. The average molecular weight is 278 g/mol. The molecule has 0 fully saturated rings. The summed E-state index contributed by atoms with van der Waals surface area (Å²) in [6, 6.07) is 8.15. The van der Waals surface area contributed by atoms with Gasteiger partial charge in [0.05, 0.1) is 0 Å². The third-order valence-electron chi connectivity index (χ3n) is 3.26. The number of fused-ring (bicyclic) bond motifs is 1. The summed E-state index contributed by atoms with van der Waals surface area (Å²) in [5.41, 5.74) is 3.19. The number of hydrogen-bond acceptors (Lipinski definition) is 2. The first kappa shape index (κ1) is 12.4. The van der Waals surface area contributed by atoms with Gasteiger partial charge in [-0.3, -0.25) is 0 Å². The molecule has 0 saturated carbocycles. The summed E-state index contributed by atoms with van der Waals surface area (Å²) in [5.74, 6) is 0.212. The Hall–Kier alpha value is -1.61. The van der Waals surface area contributed by atoms with E-state index >= 15 is 0 Å². The smallest absolute Gasteiger partial charge is 0.233 e. The summed E-state index contributed by atoms with van der Waals surface area (Å²) < 4.78 is 18.4. The minimum Gasteiger partial charge on any atom is -0.472 e. The van der Waals surface area contributed by atoms with Gasteiger partial charge in [0.2, 0.25) is 5.88 Å². The Morgan fingerprint density at radius 3 is 2.79 bits per heavy atom. The minimum atomic E-state index is -0.252. The molecular formula is C15H13ClFNO. The molecule has 0 atom stereocenters. The Balaban J connectivity index is 1.75. The summed E-state index contributed by atoms with van der Waals surface area (Å²) in [5, 5.41) is 0.544. The van der Waals surface area contributed by atoms with E-state index < -0.39 is 0 Å². The summed E-state index contributed by atoms with van der Waals surface area (Å²) >= 11 is 6.15. The minimum absolute atomic E-state index is 0.252. The summed E-state index contributed by atoms with van der Waals surface area (Å²) in [6.45, 7) is 0.339. The van der Waals surface area contributed by atoms with Crippen LogP contribution in [0.5, 0.6) is 5.88 Å². The van der Waals surface area contributed by atoms with E-state index in [1.165, 1.54) is 17.7 Å². The summed E-state index contributed by atoms with van der Waals surface area (Å²) in [4.78, 5) is 4.46. The second-order valence-corrected chi connectivity index (χ2v) is 5.06. The van der Waals surface area contributed by atoms with E-state index in [1.807, 2.05) is 6.07 Å². The molecule has 1 aliphatic carbocycles. The van der Waals surface area contributed by atoms with Crippen LogP contribution in [-0.2, 0) is 19.4 Å². The third-order valence-corrected chi connectivity index (χ3v) is 3.53. The lowest BCUT2D eigenvalue weighted by molar-refractivity contribution is 0.293. The number of hydrogen-bond donors (Lipinski definition) is 0. The van der Waals surface area contributed by atoms with Gasteiger partial charge in [-0.25, -0.2) is 9.37 Å². The predicted molar refractivity (Wildman–Crippen MR) is 72.0 cm³/mol. The first-order valence-corrected chi connectivity index (χ1v) is 6.66. The molecule has 1 aromatic heterocycles. The van der Waals surface area contributed by atoms with Gasteiger partial charge in [-0.1, -0.05) is 23.7 Å². The quantitative estimate of drug-likeness (QED) is 0.848. The number of aryl methyl sites for hydroxylation is 2. The second kappa shape index (κ2) is 5.17. The molecule has 98 valence electrons. The van der Waals surface area contributed by atoms with Crippen LogP contribution in [0, 0.1) is 5.82 Å². The molecule has 0 spiro atoms. The van der Waals surface area contributed by atoms with Crippen LogP contribution >= 0.6 is 11.6 Å². The Labute approximate surface area is 116 Å². The molecule has 1 aliphatic rings. The van der Waals surface area contributed by atoms with Gasteiger partial charge in [0.15, 0.2) is 0 Å². The van der Waals surface area contributed by atoms with Crippen LogP contribution in [-0.4, -0.2) is 4.98 Å². The molecule has 19 heavy (non-hydrogen) atoms. The lowest BCUT2D eigenvalue weighted by Gasteiger charge is -2.09. The number of ether oxygens (including phenoxy) is 1. The van der Waals surface area contributed by atoms with Gasteiger partial charge in [-0.2, -0.15) is 0 Å². The van der Waals surface area contributed by atoms with Crippen molar-refractivity contribution < 1.29 is 9.13 Å². The van der Waals surface area contributed by atoms with Gasteiger partial charge in [0.1, 0.15) is 17.4 Å². The van der Waals surface area contributed by atoms with Gasteiger partial charge in [-0.05, 0) is 48.6 Å². The van der Waals surface area contributed by atoms with Gasteiger partial charge >= 0.3 is 0 Å². The first-order chi connectivity index (χ1) is 9.22. The average Bonchev–Trinajstić information content (AvgIpc) is 2.85. The second-order valence-electron chi connectivity index (χ2n) is 4.65. The lowest BCUT2D eigenvalue weighted by Crippen LogP contribution is -2.00. The van der Waals surface area contributed by atoms with E-state index in [-0.39, 0.29) is 5.82 Å². The highest BCUT2D eigenvalue weighted by Gasteiger charge is 2.16. The monoisotopic (exact) mass is 277 g/mol. The number of nitrogens with zero attached hydrogens (tertiary/aromatic N) is 1. The third kappa shape index (κ3) is 2.71. The predicted octanol–water partition coefficient (Wildman–Crippen LogP) is 3.94. The highest BCUT2D eigenvalue weighted by atomic mass is 35.5. The fraction of sp³-hybridized carbons (Fsp3) is 0.267. The van der Waals surface area contributed by atoms with Gasteiger partial charge in [0, 0.05) is 5.69 Å². The van der Waals surface area contributed by atoms with Crippen molar-refractivity contribution in [3.05, 3.63) is 58.0 Å². The van der Waals surface area contributed by atoms with Crippen molar-refractivity contribution in [3.63, 3.8) is 0 Å². The molecule has 1 heterocycles. The first-order valence-electron chi connectivity index (χ1n) is 6.28. The van der Waals surface area contributed by atoms with Crippen molar-refractivity contribution in [2.24, 2.45) is 0 Å². The maximum atomic E-state index is 12.8. The van der Waals surface area contributed by atoms with E-state index in [1.54, 1.807) is 12.1 Å². The van der Waals surface area contributed by atoms with Crippen LogP contribution < -0.4 is 4.74 Å². The molecule has 4 heteroatoms. The number of aromatic nitrogens is 1. The van der Waals surface area contributed by atoms with Gasteiger partial charge in [-0.15, -0.1) is 0 Å². The molecule has 0 saturated heterocycles. The van der Waals surface area contributed by atoms with Crippen LogP contribution in [0.1, 0.15) is 23.2 Å². The lowest BCUT2D eigenvalue weighted by atomic mass is 10.2. The van der Waals surface area contributed by atoms with Gasteiger partial charge in [0.25, 0.3) is 0 Å². The van der Waals surface area contributed by atoms with E-state index in [2.05, 4.69) is 4.98 Å². The van der Waals surface area contributed by atoms with Crippen LogP contribution in [0.15, 0.2) is 30.3 Å². The van der Waals surface area contributed by atoms with Crippen molar-refractivity contribution in [2.75, 3.05) is 0 Å². The summed E-state index contributed by atoms with van der Waals surface area (Å²) in [6.07, 6.45) is 3.15. The zero-order valence-electron chi connectivity index (χ0n) is 10.3. The van der Waals surface area contributed by atoms with Crippen LogP contribution in [0.4, 0.5) is 4.39 Å². The Morgan fingerprint density at radius 2 is 2.00 bits per heavy atom. The maximum absolute atomic E-state index is 12.8. The van der Waals surface area contributed by atoms with Gasteiger partial charge < -0.3 is 4.74 Å². The maximum Gasteiger partial charge on any atom is 0.233 e. The zero-order valence-corrected chi connectivity index (χ0v) is 11.1. The molecule has 0 unspecified atom stereocenters. The number of halogens is 2. The van der Waals surface area contributed by atoms with Crippen molar-refractivity contribution in [2.45, 2.75) is 25.9 Å². The molecule has 3 rings (SSSR count). The molecule has 0 N–H and O–H groups in total. The topological polar surface area (TPSA) is 22.1 Å². The largest absolute Gasteiger partial charge is 0.472 e. The van der Waals surface area contributed by atoms with E-state index in [0.29, 0.717) is 17.5 Å². The highest BCUT2D eigenvalue weighted by Crippen LogP contribution is 2.30. The normalized spacial score (nSPS) is 13.4. The number of benzene rings is 1. The van der Waals surface area contributed by atoms with Crippen molar-refractivity contribution in [1.82, 2.24) is 4.98 Å². The van der Waals surface area contributed by atoms with E-state index in [0.717, 1.165) is 30.5 Å². The van der Waals surface area contributed by atoms with Crippen LogP contribution in [0.2, 0.25) is 5.02 Å². The van der Waals surface area contributed by atoms with E-state index in [9.17, 15) is 4.39 Å². The molecule has 1 aromatic carbocycles. The fourth-order valence-electron chi connectivity index (χ4n) is 2.26. The van der Waals surface area contributed by atoms with Crippen LogP contribution in [0.25, 0.3) is 0 Å². The number of pyridine rings is 1. The molecule has 2 nitrogen and oxygen atoms in total. The molecular weight excluding hydrogens is 265 g/mol. The Bertz CT molecular complexity index is 598. The van der Waals surface area contributed by atoms with E-state index in [4.69, 9.17) is 16.3 Å². The molecule has 2 aromatic rings. The fourth-order valence-corrected chi connectivity index (χ4v) is 2.49. The molecule has 0 aliphatic heterocycles. The zero-order chi connectivity index (χ0) is 13.2. The van der Waals surface area contributed by atoms with Crippen molar-refractivity contribution >= 4 is 11.6 Å². The standard InChI is InChI=1S/C15H13ClFNO/c16-13-8-11-2-1-3-14(11)18-15(13)19-9-10-4-6-12(17)7-5-10/h4-8H,1-3,9H2. The highest BCUT2D eigenvalue weighted by molar-refractivity contribution is 6.31.